The van der Waals surface area contributed by atoms with E-state index in [0.29, 0.717) is 12.1 Å². The Morgan fingerprint density at radius 1 is 1.50 bits per heavy atom. The number of nitrogens with two attached hydrogens (primary N) is 1. The molecule has 1 amide bonds. The third-order valence-electron chi connectivity index (χ3n) is 2.53. The lowest BCUT2D eigenvalue weighted by molar-refractivity contribution is -0.119. The Bertz CT molecular complexity index is 507. The first-order valence-electron chi connectivity index (χ1n) is 5.55. The van der Waals surface area contributed by atoms with Crippen LogP contribution in [0.4, 0.5) is 5.69 Å². The van der Waals surface area contributed by atoms with Crippen LogP contribution in [-0.4, -0.2) is 32.1 Å². The molecule has 0 radical (unpaired) electrons. The van der Waals surface area contributed by atoms with Gasteiger partial charge in [0, 0.05) is 12.8 Å². The van der Waals surface area contributed by atoms with Gasteiger partial charge in [-0.2, -0.15) is 0 Å². The standard InChI is InChI=1S/C11H17N3O3S/c1-3-8(6-12)11(15)14-9-4-5-10(13-7-9)18(2,16)17/h4-5,7-8H,3,6,12H2,1-2H3,(H,14,15). The highest BCUT2D eigenvalue weighted by atomic mass is 32.2. The molecule has 0 aliphatic carbocycles. The van der Waals surface area contributed by atoms with Crippen molar-refractivity contribution in [2.45, 2.75) is 18.4 Å². The van der Waals surface area contributed by atoms with Crippen LogP contribution in [0.25, 0.3) is 0 Å². The van der Waals surface area contributed by atoms with Crippen LogP contribution in [0.15, 0.2) is 23.4 Å². The van der Waals surface area contributed by atoms with E-state index in [1.165, 1.54) is 18.3 Å². The van der Waals surface area contributed by atoms with E-state index in [0.717, 1.165) is 6.26 Å². The number of hydrogen-bond donors (Lipinski definition) is 2. The number of hydrogen-bond acceptors (Lipinski definition) is 5. The van der Waals surface area contributed by atoms with Gasteiger partial charge in [0.2, 0.25) is 5.91 Å². The van der Waals surface area contributed by atoms with E-state index in [2.05, 4.69) is 10.3 Å². The molecule has 1 aromatic heterocycles. The maximum absolute atomic E-state index is 11.7. The van der Waals surface area contributed by atoms with Crippen LogP contribution in [0.1, 0.15) is 13.3 Å². The summed E-state index contributed by atoms with van der Waals surface area (Å²) in [6.07, 6.45) is 3.05. The zero-order valence-corrected chi connectivity index (χ0v) is 11.2. The highest BCUT2D eigenvalue weighted by Crippen LogP contribution is 2.12. The Morgan fingerprint density at radius 2 is 2.17 bits per heavy atom. The molecule has 1 rings (SSSR count). The van der Waals surface area contributed by atoms with Crippen molar-refractivity contribution in [1.82, 2.24) is 4.98 Å². The average molecular weight is 271 g/mol. The zero-order chi connectivity index (χ0) is 13.8. The Labute approximate surface area is 107 Å². The Balaban J connectivity index is 2.79. The van der Waals surface area contributed by atoms with Gasteiger partial charge in [-0.25, -0.2) is 13.4 Å². The van der Waals surface area contributed by atoms with Crippen LogP contribution in [0.5, 0.6) is 0 Å². The maximum atomic E-state index is 11.7. The van der Waals surface area contributed by atoms with Gasteiger partial charge in [0.25, 0.3) is 0 Å². The van der Waals surface area contributed by atoms with Crippen LogP contribution in [0.2, 0.25) is 0 Å². The number of amides is 1. The summed E-state index contributed by atoms with van der Waals surface area (Å²) in [5.74, 6) is -0.437. The van der Waals surface area contributed by atoms with Crippen molar-refractivity contribution in [2.75, 3.05) is 18.1 Å². The van der Waals surface area contributed by atoms with Crippen LogP contribution in [0, 0.1) is 5.92 Å². The molecule has 1 unspecified atom stereocenters. The largest absolute Gasteiger partial charge is 0.330 e. The van der Waals surface area contributed by atoms with Crippen molar-refractivity contribution in [3.63, 3.8) is 0 Å². The molecule has 0 bridgehead atoms. The molecule has 0 spiro atoms. The molecule has 0 saturated heterocycles. The number of sulfone groups is 1. The number of aromatic nitrogens is 1. The fraction of sp³-hybridized carbons (Fsp3) is 0.455. The number of nitrogens with zero attached hydrogens (tertiary/aromatic N) is 1. The molecule has 7 heteroatoms. The van der Waals surface area contributed by atoms with Gasteiger partial charge in [-0.3, -0.25) is 4.79 Å². The minimum atomic E-state index is -3.32. The highest BCUT2D eigenvalue weighted by molar-refractivity contribution is 7.90. The van der Waals surface area contributed by atoms with E-state index in [1.54, 1.807) is 0 Å². The van der Waals surface area contributed by atoms with Gasteiger partial charge in [-0.1, -0.05) is 6.92 Å². The maximum Gasteiger partial charge on any atom is 0.228 e. The molecule has 0 aliphatic heterocycles. The topological polar surface area (TPSA) is 102 Å². The summed E-state index contributed by atoms with van der Waals surface area (Å²) in [4.78, 5) is 15.5. The lowest BCUT2D eigenvalue weighted by atomic mass is 10.1. The van der Waals surface area contributed by atoms with Gasteiger partial charge < -0.3 is 11.1 Å². The number of rotatable bonds is 5. The fourth-order valence-electron chi connectivity index (χ4n) is 1.38. The molecular formula is C11H17N3O3S. The first-order valence-corrected chi connectivity index (χ1v) is 7.44. The summed E-state index contributed by atoms with van der Waals surface area (Å²) in [6, 6.07) is 2.86. The minimum absolute atomic E-state index is 0.0219. The summed E-state index contributed by atoms with van der Waals surface area (Å²) >= 11 is 0. The van der Waals surface area contributed by atoms with E-state index < -0.39 is 9.84 Å². The molecule has 18 heavy (non-hydrogen) atoms. The second kappa shape index (κ2) is 5.92. The second-order valence-electron chi connectivity index (χ2n) is 3.99. The first-order chi connectivity index (χ1) is 8.38. The smallest absolute Gasteiger partial charge is 0.228 e. The lowest BCUT2D eigenvalue weighted by Gasteiger charge is -2.12. The second-order valence-corrected chi connectivity index (χ2v) is 5.95. The molecule has 1 heterocycles. The Kier molecular flexibility index (Phi) is 4.80. The fourth-order valence-corrected chi connectivity index (χ4v) is 1.94. The normalized spacial score (nSPS) is 13.1. The molecule has 0 saturated carbocycles. The number of anilines is 1. The van der Waals surface area contributed by atoms with Crippen molar-refractivity contribution < 1.29 is 13.2 Å². The monoisotopic (exact) mass is 271 g/mol. The van der Waals surface area contributed by atoms with Crippen LogP contribution >= 0.6 is 0 Å². The van der Waals surface area contributed by atoms with Gasteiger partial charge >= 0.3 is 0 Å². The molecule has 0 fully saturated rings. The summed E-state index contributed by atoms with van der Waals surface area (Å²) in [7, 11) is -3.32. The van der Waals surface area contributed by atoms with Crippen molar-refractivity contribution in [2.24, 2.45) is 11.7 Å². The number of carbonyl (C=O) groups excluding carboxylic acids is 1. The van der Waals surface area contributed by atoms with Crippen molar-refractivity contribution >= 4 is 21.4 Å². The van der Waals surface area contributed by atoms with E-state index >= 15 is 0 Å². The highest BCUT2D eigenvalue weighted by Gasteiger charge is 2.15. The molecule has 0 aromatic carbocycles. The Hall–Kier alpha value is -1.47. The number of carbonyl (C=O) groups is 1. The molecule has 1 atom stereocenters. The van der Waals surface area contributed by atoms with Crippen LogP contribution in [0.3, 0.4) is 0 Å². The molecular weight excluding hydrogens is 254 g/mol. The molecule has 1 aromatic rings. The Morgan fingerprint density at radius 3 is 2.56 bits per heavy atom. The summed E-state index contributed by atoms with van der Waals surface area (Å²) in [6.45, 7) is 2.15. The van der Waals surface area contributed by atoms with Gasteiger partial charge in [-0.05, 0) is 18.6 Å². The van der Waals surface area contributed by atoms with Gasteiger partial charge in [0.1, 0.15) is 0 Å². The van der Waals surface area contributed by atoms with Gasteiger partial charge in [0.15, 0.2) is 14.9 Å². The lowest BCUT2D eigenvalue weighted by Crippen LogP contribution is -2.28. The van der Waals surface area contributed by atoms with Crippen molar-refractivity contribution in [1.29, 1.82) is 0 Å². The number of nitrogens with one attached hydrogen (secondary N) is 1. The third kappa shape index (κ3) is 3.78. The first kappa shape index (κ1) is 14.6. The van der Waals surface area contributed by atoms with Gasteiger partial charge in [0.05, 0.1) is 17.8 Å². The predicted molar refractivity (Wildman–Crippen MR) is 68.8 cm³/mol. The summed E-state index contributed by atoms with van der Waals surface area (Å²) in [5.41, 5.74) is 5.92. The predicted octanol–water partition coefficient (Wildman–Crippen LogP) is 0.408. The zero-order valence-electron chi connectivity index (χ0n) is 10.4. The van der Waals surface area contributed by atoms with E-state index in [1.807, 2.05) is 6.92 Å². The van der Waals surface area contributed by atoms with E-state index in [-0.39, 0.29) is 23.4 Å². The molecule has 100 valence electrons. The quantitative estimate of drug-likeness (QED) is 0.807. The third-order valence-corrected chi connectivity index (χ3v) is 3.53. The van der Waals surface area contributed by atoms with Gasteiger partial charge in [-0.15, -0.1) is 0 Å². The number of pyridine rings is 1. The van der Waals surface area contributed by atoms with E-state index in [9.17, 15) is 13.2 Å². The summed E-state index contributed by atoms with van der Waals surface area (Å²) in [5, 5.41) is 2.62. The van der Waals surface area contributed by atoms with Crippen LogP contribution < -0.4 is 11.1 Å². The van der Waals surface area contributed by atoms with Crippen molar-refractivity contribution in [3.8, 4) is 0 Å². The van der Waals surface area contributed by atoms with Crippen LogP contribution in [-0.2, 0) is 14.6 Å². The molecule has 0 aliphatic rings. The minimum Gasteiger partial charge on any atom is -0.330 e. The van der Waals surface area contributed by atoms with Crippen molar-refractivity contribution in [3.05, 3.63) is 18.3 Å². The average Bonchev–Trinajstić information content (AvgIpc) is 2.30. The molecule has 6 nitrogen and oxygen atoms in total. The summed E-state index contributed by atoms with van der Waals surface area (Å²) < 4.78 is 22.4. The SMILES string of the molecule is CCC(CN)C(=O)Nc1ccc(S(C)(=O)=O)nc1. The van der Waals surface area contributed by atoms with E-state index in [4.69, 9.17) is 5.73 Å². The molecule has 3 N–H and O–H groups in total.